The van der Waals surface area contributed by atoms with E-state index in [-0.39, 0.29) is 12.5 Å². The minimum absolute atomic E-state index is 0.0277. The molecule has 1 aromatic heterocycles. The number of H-pyrrole nitrogens is 1. The van der Waals surface area contributed by atoms with Gasteiger partial charge >= 0.3 is 0 Å². The van der Waals surface area contributed by atoms with E-state index >= 15 is 0 Å². The number of ether oxygens (including phenoxy) is 1. The summed E-state index contributed by atoms with van der Waals surface area (Å²) in [6.45, 7) is 4.24. The summed E-state index contributed by atoms with van der Waals surface area (Å²) in [5.74, 6) is 1.50. The normalized spacial score (nSPS) is 10.5. The van der Waals surface area contributed by atoms with Crippen LogP contribution in [-0.4, -0.2) is 22.7 Å². The summed E-state index contributed by atoms with van der Waals surface area (Å²) in [4.78, 5) is 11.6. The third-order valence-electron chi connectivity index (χ3n) is 2.69. The van der Waals surface area contributed by atoms with E-state index in [2.05, 4.69) is 29.4 Å². The Hall–Kier alpha value is -2.30. The van der Waals surface area contributed by atoms with Gasteiger partial charge in [0.1, 0.15) is 11.6 Å². The van der Waals surface area contributed by atoms with Crippen LogP contribution in [0, 0.1) is 0 Å². The van der Waals surface area contributed by atoms with Crippen molar-refractivity contribution < 1.29 is 9.53 Å². The Kier molecular flexibility index (Phi) is 4.18. The Morgan fingerprint density at radius 3 is 2.63 bits per heavy atom. The van der Waals surface area contributed by atoms with Crippen LogP contribution in [0.4, 0.5) is 5.82 Å². The van der Waals surface area contributed by atoms with Crippen LogP contribution < -0.4 is 10.1 Å². The van der Waals surface area contributed by atoms with Gasteiger partial charge in [-0.2, -0.15) is 5.10 Å². The first-order valence-corrected chi connectivity index (χ1v) is 6.17. The molecule has 0 radical (unpaired) electrons. The van der Waals surface area contributed by atoms with Crippen molar-refractivity contribution in [2.24, 2.45) is 0 Å². The minimum atomic E-state index is -0.225. The van der Waals surface area contributed by atoms with E-state index in [4.69, 9.17) is 4.74 Å². The summed E-state index contributed by atoms with van der Waals surface area (Å²) in [7, 11) is 0. The van der Waals surface area contributed by atoms with E-state index in [1.165, 1.54) is 5.56 Å². The van der Waals surface area contributed by atoms with Crippen molar-refractivity contribution in [3.63, 3.8) is 0 Å². The van der Waals surface area contributed by atoms with Gasteiger partial charge in [0, 0.05) is 6.07 Å². The molecule has 5 nitrogen and oxygen atoms in total. The first kappa shape index (κ1) is 13.1. The SMILES string of the molecule is CC(C)c1ccc(OCC(=O)Nc2ccn[nH]2)cc1. The lowest BCUT2D eigenvalue weighted by molar-refractivity contribution is -0.118. The lowest BCUT2D eigenvalue weighted by Gasteiger charge is -2.08. The molecule has 5 heteroatoms. The van der Waals surface area contributed by atoms with Gasteiger partial charge in [-0.25, -0.2) is 0 Å². The molecule has 0 unspecified atom stereocenters. The molecule has 1 amide bonds. The first-order valence-electron chi connectivity index (χ1n) is 6.17. The smallest absolute Gasteiger partial charge is 0.263 e. The van der Waals surface area contributed by atoms with Crippen LogP contribution in [0.3, 0.4) is 0 Å². The molecule has 0 atom stereocenters. The third-order valence-corrected chi connectivity index (χ3v) is 2.69. The molecule has 1 heterocycles. The summed E-state index contributed by atoms with van der Waals surface area (Å²) in [6.07, 6.45) is 1.57. The highest BCUT2D eigenvalue weighted by atomic mass is 16.5. The van der Waals surface area contributed by atoms with Gasteiger partial charge in [-0.15, -0.1) is 0 Å². The van der Waals surface area contributed by atoms with Crippen LogP contribution in [0.15, 0.2) is 36.5 Å². The number of hydrogen-bond acceptors (Lipinski definition) is 3. The average molecular weight is 259 g/mol. The fourth-order valence-corrected chi connectivity index (χ4v) is 1.61. The Bertz CT molecular complexity index is 518. The fourth-order valence-electron chi connectivity index (χ4n) is 1.61. The van der Waals surface area contributed by atoms with Crippen LogP contribution in [0.25, 0.3) is 0 Å². The highest BCUT2D eigenvalue weighted by Gasteiger charge is 2.05. The molecule has 2 N–H and O–H groups in total. The van der Waals surface area contributed by atoms with Gasteiger partial charge in [0.2, 0.25) is 0 Å². The summed E-state index contributed by atoms with van der Waals surface area (Å²) >= 11 is 0. The minimum Gasteiger partial charge on any atom is -0.484 e. The third kappa shape index (κ3) is 3.84. The van der Waals surface area contributed by atoms with Crippen molar-refractivity contribution in [2.75, 3.05) is 11.9 Å². The predicted octanol–water partition coefficient (Wildman–Crippen LogP) is 2.55. The van der Waals surface area contributed by atoms with Gasteiger partial charge in [-0.1, -0.05) is 26.0 Å². The Morgan fingerprint density at radius 1 is 1.32 bits per heavy atom. The van der Waals surface area contributed by atoms with Crippen molar-refractivity contribution in [1.29, 1.82) is 0 Å². The Labute approximate surface area is 112 Å². The zero-order chi connectivity index (χ0) is 13.7. The maximum atomic E-state index is 11.6. The first-order chi connectivity index (χ1) is 9.15. The van der Waals surface area contributed by atoms with Crippen LogP contribution in [0.2, 0.25) is 0 Å². The standard InChI is InChI=1S/C14H17N3O2/c1-10(2)11-3-5-12(6-4-11)19-9-14(18)16-13-7-8-15-17-13/h3-8,10H,9H2,1-2H3,(H2,15,16,17,18). The van der Waals surface area contributed by atoms with E-state index in [1.54, 1.807) is 12.3 Å². The zero-order valence-corrected chi connectivity index (χ0v) is 11.0. The highest BCUT2D eigenvalue weighted by Crippen LogP contribution is 2.18. The fraction of sp³-hybridized carbons (Fsp3) is 0.286. The Morgan fingerprint density at radius 2 is 2.05 bits per heavy atom. The number of anilines is 1. The van der Waals surface area contributed by atoms with Gasteiger partial charge in [-0.05, 0) is 23.6 Å². The lowest BCUT2D eigenvalue weighted by atomic mass is 10.0. The topological polar surface area (TPSA) is 67.0 Å². The second-order valence-electron chi connectivity index (χ2n) is 4.53. The predicted molar refractivity (Wildman–Crippen MR) is 73.2 cm³/mol. The van der Waals surface area contributed by atoms with Gasteiger partial charge in [0.15, 0.2) is 6.61 Å². The highest BCUT2D eigenvalue weighted by molar-refractivity contribution is 5.90. The lowest BCUT2D eigenvalue weighted by Crippen LogP contribution is -2.20. The number of carbonyl (C=O) groups excluding carboxylic acids is 1. The number of benzene rings is 1. The molecule has 0 aliphatic rings. The number of hydrogen-bond donors (Lipinski definition) is 2. The van der Waals surface area contributed by atoms with Crippen LogP contribution in [0.1, 0.15) is 25.3 Å². The summed E-state index contributed by atoms with van der Waals surface area (Å²) < 4.78 is 5.40. The summed E-state index contributed by atoms with van der Waals surface area (Å²) in [5.41, 5.74) is 1.24. The zero-order valence-electron chi connectivity index (χ0n) is 11.0. The largest absolute Gasteiger partial charge is 0.484 e. The second kappa shape index (κ2) is 6.04. The van der Waals surface area contributed by atoms with Gasteiger partial charge < -0.3 is 10.1 Å². The van der Waals surface area contributed by atoms with Gasteiger partial charge in [0.25, 0.3) is 5.91 Å². The molecule has 0 bridgehead atoms. The number of nitrogens with zero attached hydrogens (tertiary/aromatic N) is 1. The molecule has 100 valence electrons. The molecule has 2 aromatic rings. The number of carbonyl (C=O) groups is 1. The van der Waals surface area contributed by atoms with Crippen molar-refractivity contribution in [1.82, 2.24) is 10.2 Å². The van der Waals surface area contributed by atoms with Crippen LogP contribution in [0.5, 0.6) is 5.75 Å². The summed E-state index contributed by atoms with van der Waals surface area (Å²) in [5, 5.41) is 9.03. The molecular weight excluding hydrogens is 242 g/mol. The molecule has 19 heavy (non-hydrogen) atoms. The number of aromatic nitrogens is 2. The van der Waals surface area contributed by atoms with E-state index in [9.17, 15) is 4.79 Å². The molecule has 0 saturated carbocycles. The molecule has 0 aliphatic heterocycles. The van der Waals surface area contributed by atoms with Crippen molar-refractivity contribution in [2.45, 2.75) is 19.8 Å². The molecular formula is C14H17N3O2. The monoisotopic (exact) mass is 259 g/mol. The molecule has 2 rings (SSSR count). The Balaban J connectivity index is 1.83. The molecule has 1 aromatic carbocycles. The van der Waals surface area contributed by atoms with Crippen molar-refractivity contribution in [3.05, 3.63) is 42.1 Å². The molecule has 0 saturated heterocycles. The van der Waals surface area contributed by atoms with E-state index < -0.39 is 0 Å². The van der Waals surface area contributed by atoms with E-state index in [0.29, 0.717) is 17.5 Å². The van der Waals surface area contributed by atoms with Gasteiger partial charge in [-0.3, -0.25) is 9.89 Å². The number of aromatic amines is 1. The van der Waals surface area contributed by atoms with Crippen molar-refractivity contribution >= 4 is 11.7 Å². The second-order valence-corrected chi connectivity index (χ2v) is 4.53. The maximum absolute atomic E-state index is 11.6. The molecule has 0 spiro atoms. The van der Waals surface area contributed by atoms with E-state index in [0.717, 1.165) is 0 Å². The van der Waals surface area contributed by atoms with E-state index in [1.807, 2.05) is 24.3 Å². The van der Waals surface area contributed by atoms with Crippen LogP contribution in [-0.2, 0) is 4.79 Å². The summed E-state index contributed by atoms with van der Waals surface area (Å²) in [6, 6.07) is 9.44. The molecule has 0 aliphatic carbocycles. The maximum Gasteiger partial charge on any atom is 0.263 e. The van der Waals surface area contributed by atoms with Crippen LogP contribution >= 0.6 is 0 Å². The number of nitrogens with one attached hydrogen (secondary N) is 2. The van der Waals surface area contributed by atoms with Gasteiger partial charge in [0.05, 0.1) is 6.20 Å². The van der Waals surface area contributed by atoms with Crippen molar-refractivity contribution in [3.8, 4) is 5.75 Å². The number of amides is 1. The number of rotatable bonds is 5. The average Bonchev–Trinajstić information content (AvgIpc) is 2.89. The molecule has 0 fully saturated rings. The quantitative estimate of drug-likeness (QED) is 0.867.